The zero-order valence-corrected chi connectivity index (χ0v) is 13.2. The monoisotopic (exact) mass is 316 g/mol. The number of nitrogens with one attached hydrogen (secondary N) is 1. The van der Waals surface area contributed by atoms with E-state index in [-0.39, 0.29) is 0 Å². The number of aryl methyl sites for hydroxylation is 1. The van der Waals surface area contributed by atoms with Gasteiger partial charge in [-0.05, 0) is 43.3 Å². The first-order valence-electron chi connectivity index (χ1n) is 7.65. The van der Waals surface area contributed by atoms with Crippen LogP contribution in [0.2, 0.25) is 0 Å². The van der Waals surface area contributed by atoms with Crippen molar-refractivity contribution in [1.29, 1.82) is 0 Å². The lowest BCUT2D eigenvalue weighted by molar-refractivity contribution is 0.256. The number of nitrogens with zero attached hydrogens (tertiary/aromatic N) is 2. The second kappa shape index (κ2) is 5.38. The maximum atomic E-state index is 12.2. The molecule has 0 unspecified atom stereocenters. The number of primary amides is 1. The number of rotatable bonds is 2. The molecule has 0 bridgehead atoms. The van der Waals surface area contributed by atoms with Gasteiger partial charge in [0.2, 0.25) is 0 Å². The number of anilines is 2. The Labute approximate surface area is 138 Å². The normalized spacial score (nSPS) is 11.0. The van der Waals surface area contributed by atoms with E-state index in [4.69, 9.17) is 5.73 Å². The first-order chi connectivity index (χ1) is 11.6. The van der Waals surface area contributed by atoms with Gasteiger partial charge in [0, 0.05) is 39.8 Å². The summed E-state index contributed by atoms with van der Waals surface area (Å²) in [5.74, 6) is 0. The van der Waals surface area contributed by atoms with Crippen molar-refractivity contribution in [1.82, 2.24) is 9.97 Å². The number of carbonyl (C=O) groups is 1. The predicted molar refractivity (Wildman–Crippen MR) is 96.5 cm³/mol. The molecule has 4 aromatic rings. The highest BCUT2D eigenvalue weighted by Gasteiger charge is 2.18. The van der Waals surface area contributed by atoms with Crippen LogP contribution in [0.15, 0.2) is 60.9 Å². The Morgan fingerprint density at radius 1 is 1.12 bits per heavy atom. The van der Waals surface area contributed by atoms with Gasteiger partial charge in [0.15, 0.2) is 0 Å². The van der Waals surface area contributed by atoms with E-state index in [1.807, 2.05) is 55.5 Å². The van der Waals surface area contributed by atoms with Crippen molar-refractivity contribution in [3.8, 4) is 0 Å². The van der Waals surface area contributed by atoms with Crippen LogP contribution < -0.4 is 10.6 Å². The molecule has 0 spiro atoms. The molecular formula is C19H16N4O. The second-order valence-corrected chi connectivity index (χ2v) is 5.77. The number of benzene rings is 2. The molecule has 0 aliphatic heterocycles. The molecule has 4 rings (SSSR count). The van der Waals surface area contributed by atoms with Crippen LogP contribution in [0.5, 0.6) is 0 Å². The Hall–Kier alpha value is -3.34. The number of aromatic amines is 1. The summed E-state index contributed by atoms with van der Waals surface area (Å²) in [5, 5.41) is 2.93. The van der Waals surface area contributed by atoms with E-state index in [0.29, 0.717) is 0 Å². The number of pyridine rings is 1. The quantitative estimate of drug-likeness (QED) is 0.580. The molecule has 0 aliphatic rings. The number of hydrogen-bond acceptors (Lipinski definition) is 2. The van der Waals surface area contributed by atoms with Gasteiger partial charge in [-0.1, -0.05) is 12.1 Å². The fourth-order valence-electron chi connectivity index (χ4n) is 3.09. The molecule has 5 heteroatoms. The number of hydrogen-bond donors (Lipinski definition) is 2. The van der Waals surface area contributed by atoms with Crippen molar-refractivity contribution in [3.05, 3.63) is 66.6 Å². The molecule has 0 radical (unpaired) electrons. The molecule has 2 aromatic heterocycles. The summed E-state index contributed by atoms with van der Waals surface area (Å²) < 4.78 is 0. The maximum Gasteiger partial charge on any atom is 0.323 e. The summed E-state index contributed by atoms with van der Waals surface area (Å²) in [6.45, 7) is 2.00. The van der Waals surface area contributed by atoms with Gasteiger partial charge in [0.1, 0.15) is 0 Å². The Balaban J connectivity index is 1.94. The lowest BCUT2D eigenvalue weighted by Gasteiger charge is -2.22. The minimum absolute atomic E-state index is 0.522. The summed E-state index contributed by atoms with van der Waals surface area (Å²) in [6.07, 6.45) is 3.49. The average molecular weight is 316 g/mol. The lowest BCUT2D eigenvalue weighted by Crippen LogP contribution is -2.31. The third-order valence-electron chi connectivity index (χ3n) is 4.12. The SMILES string of the molecule is Cc1cc2cc(N(C(N)=O)c3cccc4cnccc34)ccc2[nH]1. The molecule has 2 heterocycles. The van der Waals surface area contributed by atoms with Crippen molar-refractivity contribution in [2.75, 3.05) is 4.90 Å². The van der Waals surface area contributed by atoms with Crippen LogP contribution in [0.3, 0.4) is 0 Å². The van der Waals surface area contributed by atoms with Gasteiger partial charge in [-0.2, -0.15) is 0 Å². The molecular weight excluding hydrogens is 300 g/mol. The maximum absolute atomic E-state index is 12.2. The minimum Gasteiger partial charge on any atom is -0.359 e. The standard InChI is InChI=1S/C19H16N4O/c1-12-9-14-10-15(5-6-17(14)22-12)23(19(20)24)18-4-2-3-13-11-21-8-7-16(13)18/h2-11,22H,1H3,(H2,20,24). The molecule has 0 aliphatic carbocycles. The first kappa shape index (κ1) is 14.3. The fraction of sp³-hybridized carbons (Fsp3) is 0.0526. The minimum atomic E-state index is -0.522. The second-order valence-electron chi connectivity index (χ2n) is 5.77. The number of nitrogens with two attached hydrogens (primary N) is 1. The van der Waals surface area contributed by atoms with E-state index in [1.54, 1.807) is 12.4 Å². The Morgan fingerprint density at radius 3 is 2.83 bits per heavy atom. The summed E-state index contributed by atoms with van der Waals surface area (Å²) in [4.78, 5) is 21.2. The summed E-state index contributed by atoms with van der Waals surface area (Å²) in [7, 11) is 0. The Bertz CT molecular complexity index is 1060. The number of H-pyrrole nitrogens is 1. The molecule has 2 amide bonds. The van der Waals surface area contributed by atoms with Crippen LogP contribution in [0.25, 0.3) is 21.7 Å². The molecule has 3 N–H and O–H groups in total. The van der Waals surface area contributed by atoms with Gasteiger partial charge in [-0.3, -0.25) is 9.88 Å². The summed E-state index contributed by atoms with van der Waals surface area (Å²) in [6, 6.07) is 15.0. The fourth-order valence-corrected chi connectivity index (χ4v) is 3.09. The largest absolute Gasteiger partial charge is 0.359 e. The third-order valence-corrected chi connectivity index (χ3v) is 4.12. The molecule has 0 atom stereocenters. The molecule has 5 nitrogen and oxygen atoms in total. The highest BCUT2D eigenvalue weighted by atomic mass is 16.2. The molecule has 0 saturated heterocycles. The van der Waals surface area contributed by atoms with Crippen LogP contribution in [-0.4, -0.2) is 16.0 Å². The van der Waals surface area contributed by atoms with Crippen molar-refractivity contribution in [2.24, 2.45) is 5.73 Å². The molecule has 24 heavy (non-hydrogen) atoms. The molecule has 2 aromatic carbocycles. The number of aromatic nitrogens is 2. The van der Waals surface area contributed by atoms with Crippen molar-refractivity contribution >= 4 is 39.1 Å². The van der Waals surface area contributed by atoms with Gasteiger partial charge in [-0.15, -0.1) is 0 Å². The number of urea groups is 1. The van der Waals surface area contributed by atoms with Gasteiger partial charge < -0.3 is 10.7 Å². The van der Waals surface area contributed by atoms with E-state index >= 15 is 0 Å². The third kappa shape index (κ3) is 2.27. The van der Waals surface area contributed by atoms with Crippen molar-refractivity contribution < 1.29 is 4.79 Å². The van der Waals surface area contributed by atoms with Crippen molar-refractivity contribution in [3.63, 3.8) is 0 Å². The number of fused-ring (bicyclic) bond motifs is 2. The van der Waals surface area contributed by atoms with E-state index in [0.717, 1.165) is 38.7 Å². The van der Waals surface area contributed by atoms with Gasteiger partial charge in [-0.25, -0.2) is 4.79 Å². The summed E-state index contributed by atoms with van der Waals surface area (Å²) in [5.41, 5.74) is 9.29. The topological polar surface area (TPSA) is 75.0 Å². The smallest absolute Gasteiger partial charge is 0.323 e. The Kier molecular flexibility index (Phi) is 3.20. The van der Waals surface area contributed by atoms with E-state index in [2.05, 4.69) is 9.97 Å². The molecule has 0 saturated carbocycles. The van der Waals surface area contributed by atoms with E-state index in [9.17, 15) is 4.79 Å². The highest BCUT2D eigenvalue weighted by Crippen LogP contribution is 2.33. The Morgan fingerprint density at radius 2 is 2.00 bits per heavy atom. The van der Waals surface area contributed by atoms with Gasteiger partial charge >= 0.3 is 6.03 Å². The number of carbonyl (C=O) groups excluding carboxylic acids is 1. The van der Waals surface area contributed by atoms with Gasteiger partial charge in [0.25, 0.3) is 0 Å². The van der Waals surface area contributed by atoms with Crippen LogP contribution in [0, 0.1) is 6.92 Å². The molecule has 0 fully saturated rings. The van der Waals surface area contributed by atoms with Crippen LogP contribution in [0.4, 0.5) is 16.2 Å². The average Bonchev–Trinajstić information content (AvgIpc) is 2.94. The van der Waals surface area contributed by atoms with Crippen LogP contribution in [-0.2, 0) is 0 Å². The van der Waals surface area contributed by atoms with Crippen LogP contribution in [0.1, 0.15) is 5.69 Å². The van der Waals surface area contributed by atoms with Crippen molar-refractivity contribution in [2.45, 2.75) is 6.92 Å². The van der Waals surface area contributed by atoms with Gasteiger partial charge in [0.05, 0.1) is 11.4 Å². The lowest BCUT2D eigenvalue weighted by atomic mass is 10.1. The number of amides is 2. The van der Waals surface area contributed by atoms with E-state index < -0.39 is 6.03 Å². The first-order valence-corrected chi connectivity index (χ1v) is 7.65. The van der Waals surface area contributed by atoms with E-state index in [1.165, 1.54) is 4.90 Å². The zero-order chi connectivity index (χ0) is 16.7. The predicted octanol–water partition coefficient (Wildman–Crippen LogP) is 4.24. The molecule has 118 valence electrons. The zero-order valence-electron chi connectivity index (χ0n) is 13.2. The van der Waals surface area contributed by atoms with Crippen LogP contribution >= 0.6 is 0 Å². The highest BCUT2D eigenvalue weighted by molar-refractivity contribution is 6.07. The summed E-state index contributed by atoms with van der Waals surface area (Å²) >= 11 is 0.